The van der Waals surface area contributed by atoms with Crippen LogP contribution in [0.4, 0.5) is 4.79 Å². The van der Waals surface area contributed by atoms with Gasteiger partial charge in [0.2, 0.25) is 0 Å². The minimum atomic E-state index is -3.97. The number of nitrogens with zero attached hydrogens (tertiary/aromatic N) is 1. The summed E-state index contributed by atoms with van der Waals surface area (Å²) in [5, 5.41) is 9.07. The van der Waals surface area contributed by atoms with Gasteiger partial charge in [-0.05, 0) is 19.1 Å². The molecule has 0 radical (unpaired) electrons. The van der Waals surface area contributed by atoms with Crippen molar-refractivity contribution in [3.8, 4) is 0 Å². The van der Waals surface area contributed by atoms with Crippen LogP contribution >= 0.6 is 0 Å². The summed E-state index contributed by atoms with van der Waals surface area (Å²) in [5.41, 5.74) is 0.914. The summed E-state index contributed by atoms with van der Waals surface area (Å²) in [5.74, 6) is 0. The van der Waals surface area contributed by atoms with Crippen LogP contribution in [0, 0.1) is 6.92 Å². The van der Waals surface area contributed by atoms with E-state index < -0.39 is 28.8 Å². The van der Waals surface area contributed by atoms with Crippen molar-refractivity contribution in [3.05, 3.63) is 29.8 Å². The Morgan fingerprint density at radius 3 is 2.56 bits per heavy atom. The molecule has 1 atom stereocenters. The molecule has 1 aromatic carbocycles. The van der Waals surface area contributed by atoms with Gasteiger partial charge in [-0.2, -0.15) is 4.31 Å². The summed E-state index contributed by atoms with van der Waals surface area (Å²) in [7, 11) is -3.97. The van der Waals surface area contributed by atoms with Crippen LogP contribution in [0.3, 0.4) is 0 Å². The molecule has 6 nitrogen and oxygen atoms in total. The molecule has 1 saturated heterocycles. The maximum absolute atomic E-state index is 12.2. The van der Waals surface area contributed by atoms with Gasteiger partial charge in [0.1, 0.15) is 12.6 Å². The second-order valence-corrected chi connectivity index (χ2v) is 5.84. The van der Waals surface area contributed by atoms with Crippen LogP contribution in [0.15, 0.2) is 29.2 Å². The van der Waals surface area contributed by atoms with Crippen molar-refractivity contribution in [2.24, 2.45) is 0 Å². The maximum Gasteiger partial charge on any atom is 0.424 e. The van der Waals surface area contributed by atoms with Crippen molar-refractivity contribution in [1.29, 1.82) is 0 Å². The van der Waals surface area contributed by atoms with Crippen LogP contribution in [0.25, 0.3) is 0 Å². The Morgan fingerprint density at radius 1 is 1.39 bits per heavy atom. The first-order chi connectivity index (χ1) is 8.46. The summed E-state index contributed by atoms with van der Waals surface area (Å²) in [4.78, 5) is 11.4. The van der Waals surface area contributed by atoms with Gasteiger partial charge >= 0.3 is 6.09 Å². The van der Waals surface area contributed by atoms with Gasteiger partial charge in [0, 0.05) is 0 Å². The predicted octanol–water partition coefficient (Wildman–Crippen LogP) is 0.497. The summed E-state index contributed by atoms with van der Waals surface area (Å²) in [6.07, 6.45) is -0.949. The number of aliphatic hydroxyl groups excluding tert-OH is 1. The van der Waals surface area contributed by atoms with Crippen LogP contribution in [-0.2, 0) is 14.8 Å². The molecule has 1 aromatic rings. The standard InChI is InChI=1S/C11H13NO5S/c1-8-2-4-10(5-3-8)18(15,16)12-9(6-13)7-17-11(12)14/h2-5,9,13H,6-7H2,1H3/t9-/m0/s1. The number of hydrogen-bond donors (Lipinski definition) is 1. The monoisotopic (exact) mass is 271 g/mol. The van der Waals surface area contributed by atoms with Crippen LogP contribution in [0.1, 0.15) is 5.56 Å². The molecule has 1 amide bonds. The van der Waals surface area contributed by atoms with E-state index in [2.05, 4.69) is 4.74 Å². The van der Waals surface area contributed by atoms with Crippen LogP contribution in [0.2, 0.25) is 0 Å². The Hall–Kier alpha value is -1.60. The van der Waals surface area contributed by atoms with Crippen molar-refractivity contribution in [2.75, 3.05) is 13.2 Å². The molecule has 98 valence electrons. The van der Waals surface area contributed by atoms with Gasteiger partial charge in [0.25, 0.3) is 10.0 Å². The number of rotatable bonds is 3. The van der Waals surface area contributed by atoms with E-state index in [1.54, 1.807) is 12.1 Å². The van der Waals surface area contributed by atoms with E-state index in [1.165, 1.54) is 12.1 Å². The number of sulfonamides is 1. The lowest BCUT2D eigenvalue weighted by atomic mass is 10.2. The van der Waals surface area contributed by atoms with Crippen LogP contribution in [-0.4, -0.2) is 43.2 Å². The quantitative estimate of drug-likeness (QED) is 0.865. The zero-order valence-electron chi connectivity index (χ0n) is 9.74. The summed E-state index contributed by atoms with van der Waals surface area (Å²) in [6, 6.07) is 5.27. The molecule has 2 rings (SSSR count). The number of benzene rings is 1. The van der Waals surface area contributed by atoms with E-state index >= 15 is 0 Å². The van der Waals surface area contributed by atoms with Crippen LogP contribution in [0.5, 0.6) is 0 Å². The SMILES string of the molecule is Cc1ccc(S(=O)(=O)N2C(=O)OC[C@@H]2CO)cc1. The third-order valence-corrected chi connectivity index (χ3v) is 4.53. The average molecular weight is 271 g/mol. The highest BCUT2D eigenvalue weighted by molar-refractivity contribution is 7.89. The first kappa shape index (κ1) is 12.8. The maximum atomic E-state index is 12.2. The smallest absolute Gasteiger partial charge is 0.424 e. The molecule has 1 aliphatic rings. The lowest BCUT2D eigenvalue weighted by Gasteiger charge is -2.19. The van der Waals surface area contributed by atoms with Crippen molar-refractivity contribution < 1.29 is 23.1 Å². The molecule has 1 aliphatic heterocycles. The van der Waals surface area contributed by atoms with Gasteiger partial charge in [-0.3, -0.25) is 0 Å². The number of aryl methyl sites for hydroxylation is 1. The zero-order chi connectivity index (χ0) is 13.3. The Balaban J connectivity index is 2.41. The van der Waals surface area contributed by atoms with E-state index in [4.69, 9.17) is 5.11 Å². The van der Waals surface area contributed by atoms with Gasteiger partial charge in [0.15, 0.2) is 0 Å². The number of aliphatic hydroxyl groups is 1. The minimum absolute atomic E-state index is 0.00500. The van der Waals surface area contributed by atoms with Crippen molar-refractivity contribution in [1.82, 2.24) is 4.31 Å². The number of hydrogen-bond acceptors (Lipinski definition) is 5. The number of amides is 1. The molecule has 0 aromatic heterocycles. The summed E-state index contributed by atoms with van der Waals surface area (Å²) >= 11 is 0. The van der Waals surface area contributed by atoms with Gasteiger partial charge in [-0.25, -0.2) is 13.2 Å². The van der Waals surface area contributed by atoms with Crippen molar-refractivity contribution in [2.45, 2.75) is 17.9 Å². The molecule has 1 heterocycles. The van der Waals surface area contributed by atoms with Crippen LogP contribution < -0.4 is 0 Å². The van der Waals surface area contributed by atoms with E-state index in [0.29, 0.717) is 4.31 Å². The molecule has 0 aliphatic carbocycles. The molecule has 0 unspecified atom stereocenters. The molecule has 0 spiro atoms. The fourth-order valence-electron chi connectivity index (χ4n) is 1.69. The zero-order valence-corrected chi connectivity index (χ0v) is 10.6. The van der Waals surface area contributed by atoms with E-state index in [-0.39, 0.29) is 11.5 Å². The van der Waals surface area contributed by atoms with E-state index in [0.717, 1.165) is 5.56 Å². The molecular weight excluding hydrogens is 258 g/mol. The Bertz CT molecular complexity index is 551. The molecular formula is C11H13NO5S. The second kappa shape index (κ2) is 4.58. The molecule has 1 N–H and O–H groups in total. The highest BCUT2D eigenvalue weighted by atomic mass is 32.2. The Morgan fingerprint density at radius 2 is 2.00 bits per heavy atom. The Kier molecular flexibility index (Phi) is 3.27. The van der Waals surface area contributed by atoms with Crippen molar-refractivity contribution in [3.63, 3.8) is 0 Å². The molecule has 0 bridgehead atoms. The highest BCUT2D eigenvalue weighted by Gasteiger charge is 2.42. The first-order valence-corrected chi connectivity index (χ1v) is 6.79. The van der Waals surface area contributed by atoms with Gasteiger partial charge in [-0.1, -0.05) is 17.7 Å². The van der Waals surface area contributed by atoms with Gasteiger partial charge in [-0.15, -0.1) is 0 Å². The summed E-state index contributed by atoms with van der Waals surface area (Å²) < 4.78 is 29.7. The van der Waals surface area contributed by atoms with E-state index in [1.807, 2.05) is 6.92 Å². The fourth-order valence-corrected chi connectivity index (χ4v) is 3.17. The van der Waals surface area contributed by atoms with E-state index in [9.17, 15) is 13.2 Å². The minimum Gasteiger partial charge on any atom is -0.446 e. The van der Waals surface area contributed by atoms with Crippen molar-refractivity contribution >= 4 is 16.1 Å². The molecule has 1 fully saturated rings. The Labute approximate surface area is 105 Å². The number of carbonyl (C=O) groups excluding carboxylic acids is 1. The predicted molar refractivity (Wildman–Crippen MR) is 62.4 cm³/mol. The molecule has 0 saturated carbocycles. The molecule has 7 heteroatoms. The molecule has 18 heavy (non-hydrogen) atoms. The lowest BCUT2D eigenvalue weighted by Crippen LogP contribution is -2.40. The third-order valence-electron chi connectivity index (χ3n) is 2.70. The highest BCUT2D eigenvalue weighted by Crippen LogP contribution is 2.23. The lowest BCUT2D eigenvalue weighted by molar-refractivity contribution is 0.169. The number of cyclic esters (lactones) is 1. The fraction of sp³-hybridized carbons (Fsp3) is 0.364. The topological polar surface area (TPSA) is 83.9 Å². The average Bonchev–Trinajstić information content (AvgIpc) is 2.71. The van der Waals surface area contributed by atoms with Gasteiger partial charge < -0.3 is 9.84 Å². The first-order valence-electron chi connectivity index (χ1n) is 5.35. The largest absolute Gasteiger partial charge is 0.446 e. The number of carbonyl (C=O) groups is 1. The summed E-state index contributed by atoms with van der Waals surface area (Å²) in [6.45, 7) is 1.24. The van der Waals surface area contributed by atoms with Gasteiger partial charge in [0.05, 0.1) is 11.5 Å². The number of ether oxygens (including phenoxy) is 1. The third kappa shape index (κ3) is 2.06. The normalized spacial score (nSPS) is 20.0. The second-order valence-electron chi connectivity index (χ2n) is 4.03.